The summed E-state index contributed by atoms with van der Waals surface area (Å²) in [5.74, 6) is 0. The van der Waals surface area contributed by atoms with Gasteiger partial charge in [-0.1, -0.05) is 31.9 Å². The summed E-state index contributed by atoms with van der Waals surface area (Å²) in [5.41, 5.74) is 4.24. The molecule has 2 aliphatic rings. The van der Waals surface area contributed by atoms with Crippen molar-refractivity contribution in [2.75, 3.05) is 17.3 Å². The van der Waals surface area contributed by atoms with Gasteiger partial charge in [0.25, 0.3) is 0 Å². The lowest BCUT2D eigenvalue weighted by Gasteiger charge is -2.45. The molecular formula is C15H22N2. The van der Waals surface area contributed by atoms with Gasteiger partial charge in [0.05, 0.1) is 11.4 Å². The van der Waals surface area contributed by atoms with E-state index in [0.29, 0.717) is 12.1 Å². The van der Waals surface area contributed by atoms with E-state index in [1.165, 1.54) is 42.6 Å². The van der Waals surface area contributed by atoms with Crippen molar-refractivity contribution in [1.82, 2.24) is 0 Å². The van der Waals surface area contributed by atoms with Crippen LogP contribution in [-0.4, -0.2) is 19.1 Å². The second-order valence-corrected chi connectivity index (χ2v) is 5.38. The zero-order valence-electron chi connectivity index (χ0n) is 10.9. The number of hydrogen-bond donors (Lipinski definition) is 1. The third-order valence-electron chi connectivity index (χ3n) is 4.45. The average molecular weight is 230 g/mol. The summed E-state index contributed by atoms with van der Waals surface area (Å²) in [5, 5.41) is 3.81. The monoisotopic (exact) mass is 230 g/mol. The van der Waals surface area contributed by atoms with E-state index in [9.17, 15) is 0 Å². The van der Waals surface area contributed by atoms with Gasteiger partial charge in [-0.15, -0.1) is 0 Å². The lowest BCUT2D eigenvalue weighted by molar-refractivity contribution is 0.384. The summed E-state index contributed by atoms with van der Waals surface area (Å²) in [6, 6.07) is 8.06. The van der Waals surface area contributed by atoms with Crippen LogP contribution in [-0.2, 0) is 6.42 Å². The predicted molar refractivity (Wildman–Crippen MR) is 73.9 cm³/mol. The third kappa shape index (κ3) is 1.70. The van der Waals surface area contributed by atoms with E-state index in [4.69, 9.17) is 0 Å². The van der Waals surface area contributed by atoms with Crippen LogP contribution in [0.25, 0.3) is 0 Å². The number of likely N-dealkylation sites (N-methyl/N-ethyl adjacent to an activating group) is 1. The Balaban J connectivity index is 2.02. The fourth-order valence-electron chi connectivity index (χ4n) is 3.45. The van der Waals surface area contributed by atoms with Gasteiger partial charge >= 0.3 is 0 Å². The Hall–Kier alpha value is -1.18. The summed E-state index contributed by atoms with van der Waals surface area (Å²) in [6.07, 6.45) is 6.54. The number of hydrogen-bond acceptors (Lipinski definition) is 2. The summed E-state index contributed by atoms with van der Waals surface area (Å²) >= 11 is 0. The minimum absolute atomic E-state index is 0.661. The highest BCUT2D eigenvalue weighted by atomic mass is 15.2. The van der Waals surface area contributed by atoms with E-state index in [-0.39, 0.29) is 0 Å². The molecule has 1 aromatic rings. The molecule has 1 heterocycles. The van der Waals surface area contributed by atoms with E-state index in [1.807, 2.05) is 0 Å². The van der Waals surface area contributed by atoms with E-state index < -0.39 is 0 Å². The first-order valence-corrected chi connectivity index (χ1v) is 6.92. The summed E-state index contributed by atoms with van der Waals surface area (Å²) in [6.45, 7) is 2.24. The van der Waals surface area contributed by atoms with Crippen LogP contribution >= 0.6 is 0 Å². The van der Waals surface area contributed by atoms with Gasteiger partial charge in [0, 0.05) is 19.1 Å². The molecule has 0 saturated heterocycles. The molecule has 3 rings (SSSR count). The van der Waals surface area contributed by atoms with Crippen molar-refractivity contribution < 1.29 is 0 Å². The van der Waals surface area contributed by atoms with Crippen LogP contribution < -0.4 is 10.2 Å². The molecule has 1 N–H and O–H groups in total. The molecule has 2 nitrogen and oxygen atoms in total. The smallest absolute Gasteiger partial charge is 0.0613 e. The minimum atomic E-state index is 0.661. The van der Waals surface area contributed by atoms with Gasteiger partial charge in [0.15, 0.2) is 0 Å². The maximum Gasteiger partial charge on any atom is 0.0613 e. The number of benzene rings is 1. The molecule has 1 saturated carbocycles. The number of para-hydroxylation sites is 1. The highest BCUT2D eigenvalue weighted by Gasteiger charge is 2.34. The highest BCUT2D eigenvalue weighted by Crippen LogP contribution is 2.39. The van der Waals surface area contributed by atoms with Crippen molar-refractivity contribution in [1.29, 1.82) is 0 Å². The maximum atomic E-state index is 3.81. The van der Waals surface area contributed by atoms with Crippen molar-refractivity contribution in [3.8, 4) is 0 Å². The number of nitrogens with zero attached hydrogens (tertiary/aromatic N) is 1. The standard InChI is InChI=1S/C15H22N2/c1-3-11-7-6-10-14-15(11)16-12-8-4-5-9-13(12)17(14)2/h6-7,10,12-13,16H,3-5,8-9H2,1-2H3. The number of anilines is 2. The molecule has 0 spiro atoms. The molecule has 0 radical (unpaired) electrons. The Labute approximate surface area is 104 Å². The van der Waals surface area contributed by atoms with Crippen LogP contribution in [0.2, 0.25) is 0 Å². The first kappa shape index (κ1) is 10.9. The van der Waals surface area contributed by atoms with Crippen molar-refractivity contribution in [2.45, 2.75) is 51.1 Å². The third-order valence-corrected chi connectivity index (χ3v) is 4.45. The number of aryl methyl sites for hydroxylation is 1. The predicted octanol–water partition coefficient (Wildman–Crippen LogP) is 3.42. The SMILES string of the molecule is CCc1cccc2c1NC1CCCCC1N2C. The molecule has 92 valence electrons. The van der Waals surface area contributed by atoms with Gasteiger partial charge in [0.2, 0.25) is 0 Å². The fourth-order valence-corrected chi connectivity index (χ4v) is 3.45. The Morgan fingerprint density at radius 2 is 2.12 bits per heavy atom. The summed E-state index contributed by atoms with van der Waals surface area (Å²) in [4.78, 5) is 2.51. The molecule has 17 heavy (non-hydrogen) atoms. The first-order chi connectivity index (χ1) is 8.31. The zero-order valence-corrected chi connectivity index (χ0v) is 10.9. The summed E-state index contributed by atoms with van der Waals surface area (Å²) in [7, 11) is 2.27. The van der Waals surface area contributed by atoms with E-state index >= 15 is 0 Å². The average Bonchev–Trinajstić information content (AvgIpc) is 2.38. The molecule has 1 aliphatic heterocycles. The number of nitrogens with one attached hydrogen (secondary N) is 1. The number of fused-ring (bicyclic) bond motifs is 2. The molecule has 0 aromatic heterocycles. The Kier molecular flexibility index (Phi) is 2.73. The van der Waals surface area contributed by atoms with Crippen molar-refractivity contribution in [2.24, 2.45) is 0 Å². The quantitative estimate of drug-likeness (QED) is 0.795. The van der Waals surface area contributed by atoms with E-state index in [1.54, 1.807) is 0 Å². The van der Waals surface area contributed by atoms with Crippen LogP contribution in [0.15, 0.2) is 18.2 Å². The molecule has 1 aliphatic carbocycles. The second kappa shape index (κ2) is 4.25. The van der Waals surface area contributed by atoms with Crippen LogP contribution in [0.5, 0.6) is 0 Å². The maximum absolute atomic E-state index is 3.81. The highest BCUT2D eigenvalue weighted by molar-refractivity contribution is 5.76. The molecular weight excluding hydrogens is 208 g/mol. The van der Waals surface area contributed by atoms with Crippen LogP contribution in [0.4, 0.5) is 11.4 Å². The van der Waals surface area contributed by atoms with Gasteiger partial charge in [-0.05, 0) is 30.9 Å². The lowest BCUT2D eigenvalue weighted by Crippen LogP contribution is -2.50. The summed E-state index contributed by atoms with van der Waals surface area (Å²) < 4.78 is 0. The van der Waals surface area contributed by atoms with Gasteiger partial charge in [-0.3, -0.25) is 0 Å². The Bertz CT molecular complexity index is 413. The molecule has 2 heteroatoms. The van der Waals surface area contributed by atoms with E-state index in [0.717, 1.165) is 6.42 Å². The number of rotatable bonds is 1. The lowest BCUT2D eigenvalue weighted by atomic mass is 9.86. The molecule has 1 fully saturated rings. The van der Waals surface area contributed by atoms with Crippen molar-refractivity contribution >= 4 is 11.4 Å². The van der Waals surface area contributed by atoms with Gasteiger partial charge in [-0.2, -0.15) is 0 Å². The van der Waals surface area contributed by atoms with Gasteiger partial charge in [-0.25, -0.2) is 0 Å². The van der Waals surface area contributed by atoms with Crippen LogP contribution in [0, 0.1) is 0 Å². The molecule has 0 bridgehead atoms. The van der Waals surface area contributed by atoms with Crippen molar-refractivity contribution in [3.05, 3.63) is 23.8 Å². The second-order valence-electron chi connectivity index (χ2n) is 5.38. The molecule has 2 unspecified atom stereocenters. The first-order valence-electron chi connectivity index (χ1n) is 6.92. The van der Waals surface area contributed by atoms with E-state index in [2.05, 4.69) is 42.4 Å². The normalized spacial score (nSPS) is 27.1. The molecule has 2 atom stereocenters. The molecule has 0 amide bonds. The van der Waals surface area contributed by atoms with Crippen LogP contribution in [0.1, 0.15) is 38.2 Å². The van der Waals surface area contributed by atoms with Gasteiger partial charge in [0.1, 0.15) is 0 Å². The molecule has 1 aromatic carbocycles. The largest absolute Gasteiger partial charge is 0.378 e. The van der Waals surface area contributed by atoms with Gasteiger partial charge < -0.3 is 10.2 Å². The Morgan fingerprint density at radius 1 is 1.29 bits per heavy atom. The van der Waals surface area contributed by atoms with Crippen molar-refractivity contribution in [3.63, 3.8) is 0 Å². The zero-order chi connectivity index (χ0) is 11.8. The van der Waals surface area contributed by atoms with Crippen LogP contribution in [0.3, 0.4) is 0 Å². The Morgan fingerprint density at radius 3 is 2.94 bits per heavy atom. The topological polar surface area (TPSA) is 15.3 Å². The minimum Gasteiger partial charge on any atom is -0.378 e. The fraction of sp³-hybridized carbons (Fsp3) is 0.600.